The third-order valence-electron chi connectivity index (χ3n) is 6.01. The third kappa shape index (κ3) is 6.29. The van der Waals surface area contributed by atoms with Gasteiger partial charge in [-0.3, -0.25) is 18.5 Å². The number of nitrogens with one attached hydrogen (secondary N) is 1. The molecule has 4 N–H and O–H groups in total. The van der Waals surface area contributed by atoms with Gasteiger partial charge in [-0.05, 0) is 42.5 Å². The lowest BCUT2D eigenvalue weighted by atomic mass is 10.1. The number of nitrogens with two attached hydrogens (primary N) is 1. The number of rotatable bonds is 11. The Bertz CT molecular complexity index is 1550. The van der Waals surface area contributed by atoms with Crippen LogP contribution in [0.2, 0.25) is 0 Å². The highest BCUT2D eigenvalue weighted by Crippen LogP contribution is 2.13. The van der Waals surface area contributed by atoms with Crippen LogP contribution in [0.25, 0.3) is 11.2 Å². The molecule has 2 aromatic heterocycles. The van der Waals surface area contributed by atoms with E-state index in [9.17, 15) is 18.0 Å². The SMILES string of the molecule is Nc1ccc(CCn2c(=O)n(CCCCCS(=O)(=O)O)c(=O)c3[nH]c(Cc4ccccc4)nc32)cc1. The van der Waals surface area contributed by atoms with Gasteiger partial charge in [-0.2, -0.15) is 8.42 Å². The van der Waals surface area contributed by atoms with Gasteiger partial charge in [0.1, 0.15) is 11.3 Å². The summed E-state index contributed by atoms with van der Waals surface area (Å²) in [6.07, 6.45) is 2.13. The van der Waals surface area contributed by atoms with E-state index in [1.54, 1.807) is 12.1 Å². The fraction of sp³-hybridized carbons (Fsp3) is 0.320. The Labute approximate surface area is 208 Å². The monoisotopic (exact) mass is 511 g/mol. The van der Waals surface area contributed by atoms with Crippen molar-refractivity contribution >= 4 is 27.0 Å². The van der Waals surface area contributed by atoms with Crippen LogP contribution in [0.15, 0.2) is 64.2 Å². The second-order valence-electron chi connectivity index (χ2n) is 8.77. The van der Waals surface area contributed by atoms with Crippen molar-refractivity contribution in [1.82, 2.24) is 19.1 Å². The van der Waals surface area contributed by atoms with Gasteiger partial charge in [-0.1, -0.05) is 48.9 Å². The molecule has 2 heterocycles. The molecule has 190 valence electrons. The van der Waals surface area contributed by atoms with Crippen LogP contribution in [-0.2, 0) is 36.0 Å². The Balaban J connectivity index is 1.65. The summed E-state index contributed by atoms with van der Waals surface area (Å²) >= 11 is 0. The first kappa shape index (κ1) is 25.4. The lowest BCUT2D eigenvalue weighted by molar-refractivity contribution is 0.476. The van der Waals surface area contributed by atoms with Gasteiger partial charge in [-0.15, -0.1) is 0 Å². The number of anilines is 1. The van der Waals surface area contributed by atoms with Crippen molar-refractivity contribution in [3.05, 3.63) is 92.4 Å². The Kier molecular flexibility index (Phi) is 7.70. The molecule has 0 radical (unpaired) electrons. The van der Waals surface area contributed by atoms with E-state index in [2.05, 4.69) is 9.97 Å². The predicted octanol–water partition coefficient (Wildman–Crippen LogP) is 2.36. The number of hydrogen-bond donors (Lipinski definition) is 3. The zero-order chi connectivity index (χ0) is 25.7. The van der Waals surface area contributed by atoms with Crippen LogP contribution in [0.5, 0.6) is 0 Å². The Morgan fingerprint density at radius 3 is 2.31 bits per heavy atom. The number of aromatic nitrogens is 4. The summed E-state index contributed by atoms with van der Waals surface area (Å²) in [5.74, 6) is 0.232. The fourth-order valence-corrected chi connectivity index (χ4v) is 4.71. The Morgan fingerprint density at radius 2 is 1.61 bits per heavy atom. The standard InChI is InChI=1S/C25H29N5O5S/c26-20-11-9-18(10-12-20)13-15-29-23-22(27-21(28-23)17-19-7-3-1-4-8-19)24(31)30(25(29)32)14-5-2-6-16-36(33,34)35/h1,3-4,7-12H,2,5-6,13-17,26H2,(H,27,28)(H,33,34,35). The van der Waals surface area contributed by atoms with Gasteiger partial charge >= 0.3 is 5.69 Å². The van der Waals surface area contributed by atoms with Crippen LogP contribution in [0, 0.1) is 0 Å². The van der Waals surface area contributed by atoms with Gasteiger partial charge in [-0.25, -0.2) is 9.78 Å². The molecule has 0 amide bonds. The summed E-state index contributed by atoms with van der Waals surface area (Å²) in [7, 11) is -4.04. The Hall–Kier alpha value is -3.70. The first-order valence-corrected chi connectivity index (χ1v) is 13.4. The molecule has 0 bridgehead atoms. The lowest BCUT2D eigenvalue weighted by Gasteiger charge is -2.11. The van der Waals surface area contributed by atoms with Gasteiger partial charge in [0.2, 0.25) is 0 Å². The van der Waals surface area contributed by atoms with E-state index in [-0.39, 0.29) is 24.2 Å². The molecule has 0 saturated heterocycles. The van der Waals surface area contributed by atoms with Crippen LogP contribution in [0.3, 0.4) is 0 Å². The number of nitrogen functional groups attached to an aromatic ring is 1. The van der Waals surface area contributed by atoms with Crippen LogP contribution >= 0.6 is 0 Å². The average Bonchev–Trinajstić information content (AvgIpc) is 3.25. The molecule has 4 rings (SSSR count). The van der Waals surface area contributed by atoms with E-state index in [1.807, 2.05) is 42.5 Å². The quantitative estimate of drug-likeness (QED) is 0.159. The number of unbranched alkanes of at least 4 members (excludes halogenated alkanes) is 2. The minimum Gasteiger partial charge on any atom is -0.399 e. The molecule has 2 aromatic carbocycles. The maximum absolute atomic E-state index is 13.4. The number of benzene rings is 2. The number of aromatic amines is 1. The summed E-state index contributed by atoms with van der Waals surface area (Å²) in [5, 5.41) is 0. The first-order chi connectivity index (χ1) is 17.2. The lowest BCUT2D eigenvalue weighted by Crippen LogP contribution is -2.40. The molecule has 0 fully saturated rings. The molecule has 10 nitrogen and oxygen atoms in total. The number of aryl methyl sites for hydroxylation is 2. The minimum atomic E-state index is -4.04. The number of H-pyrrole nitrogens is 1. The predicted molar refractivity (Wildman–Crippen MR) is 139 cm³/mol. The number of imidazole rings is 1. The maximum atomic E-state index is 13.4. The number of hydrogen-bond acceptors (Lipinski definition) is 6. The maximum Gasteiger partial charge on any atom is 0.332 e. The van der Waals surface area contributed by atoms with E-state index in [4.69, 9.17) is 10.3 Å². The van der Waals surface area contributed by atoms with E-state index < -0.39 is 21.4 Å². The molecule has 36 heavy (non-hydrogen) atoms. The topological polar surface area (TPSA) is 153 Å². The van der Waals surface area contributed by atoms with Gasteiger partial charge in [0.15, 0.2) is 5.65 Å². The molecule has 0 aliphatic heterocycles. The fourth-order valence-electron chi connectivity index (χ4n) is 4.14. The molecule has 0 unspecified atom stereocenters. The highest BCUT2D eigenvalue weighted by Gasteiger charge is 2.18. The molecule has 0 spiro atoms. The van der Waals surface area contributed by atoms with E-state index >= 15 is 0 Å². The van der Waals surface area contributed by atoms with Crippen LogP contribution < -0.4 is 17.0 Å². The van der Waals surface area contributed by atoms with Gasteiger partial charge in [0.25, 0.3) is 15.7 Å². The van der Waals surface area contributed by atoms with Gasteiger partial charge in [0.05, 0.1) is 5.75 Å². The van der Waals surface area contributed by atoms with Crippen molar-refractivity contribution in [2.75, 3.05) is 11.5 Å². The van der Waals surface area contributed by atoms with Crippen molar-refractivity contribution in [2.45, 2.75) is 45.2 Å². The Morgan fingerprint density at radius 1 is 0.889 bits per heavy atom. The molecule has 4 aromatic rings. The van der Waals surface area contributed by atoms with Crippen molar-refractivity contribution < 1.29 is 13.0 Å². The normalized spacial score (nSPS) is 11.8. The van der Waals surface area contributed by atoms with Crippen molar-refractivity contribution in [1.29, 1.82) is 0 Å². The largest absolute Gasteiger partial charge is 0.399 e. The van der Waals surface area contributed by atoms with Crippen LogP contribution in [0.1, 0.15) is 36.2 Å². The average molecular weight is 512 g/mol. The third-order valence-corrected chi connectivity index (χ3v) is 6.82. The van der Waals surface area contributed by atoms with Gasteiger partial charge in [0, 0.05) is 25.2 Å². The van der Waals surface area contributed by atoms with E-state index in [0.29, 0.717) is 49.4 Å². The summed E-state index contributed by atoms with van der Waals surface area (Å²) in [5.41, 5.74) is 8.09. The summed E-state index contributed by atoms with van der Waals surface area (Å²) in [4.78, 5) is 34.3. The van der Waals surface area contributed by atoms with Crippen LogP contribution in [-0.4, -0.2) is 37.8 Å². The van der Waals surface area contributed by atoms with Gasteiger partial charge < -0.3 is 10.7 Å². The molecular formula is C25H29N5O5S. The molecule has 0 saturated carbocycles. The first-order valence-electron chi connectivity index (χ1n) is 11.8. The number of fused-ring (bicyclic) bond motifs is 1. The molecule has 11 heteroatoms. The summed E-state index contributed by atoms with van der Waals surface area (Å²) in [6, 6.07) is 17.1. The van der Waals surface area contributed by atoms with Crippen molar-refractivity contribution in [2.24, 2.45) is 0 Å². The second-order valence-corrected chi connectivity index (χ2v) is 10.3. The number of nitrogens with zero attached hydrogens (tertiary/aromatic N) is 3. The summed E-state index contributed by atoms with van der Waals surface area (Å²) < 4.78 is 33.4. The highest BCUT2D eigenvalue weighted by molar-refractivity contribution is 7.85. The van der Waals surface area contributed by atoms with E-state index in [1.165, 1.54) is 9.13 Å². The highest BCUT2D eigenvalue weighted by atomic mass is 32.2. The minimum absolute atomic E-state index is 0.133. The zero-order valence-electron chi connectivity index (χ0n) is 19.8. The van der Waals surface area contributed by atoms with Crippen LogP contribution in [0.4, 0.5) is 5.69 Å². The molecule has 0 aliphatic carbocycles. The van der Waals surface area contributed by atoms with Crippen molar-refractivity contribution in [3.63, 3.8) is 0 Å². The smallest absolute Gasteiger partial charge is 0.332 e. The second kappa shape index (κ2) is 10.9. The molecule has 0 atom stereocenters. The van der Waals surface area contributed by atoms with Crippen molar-refractivity contribution in [3.8, 4) is 0 Å². The van der Waals surface area contributed by atoms with E-state index in [0.717, 1.165) is 11.1 Å². The zero-order valence-corrected chi connectivity index (χ0v) is 20.6. The molecular weight excluding hydrogens is 482 g/mol. The molecule has 0 aliphatic rings. The summed E-state index contributed by atoms with van der Waals surface area (Å²) in [6.45, 7) is 0.450.